The van der Waals surface area contributed by atoms with Gasteiger partial charge in [0, 0.05) is 0 Å². The van der Waals surface area contributed by atoms with Gasteiger partial charge in [-0.1, -0.05) is 0 Å². The lowest BCUT2D eigenvalue weighted by atomic mass is 10.1. The van der Waals surface area contributed by atoms with Crippen LogP contribution in [0.3, 0.4) is 0 Å². The summed E-state index contributed by atoms with van der Waals surface area (Å²) in [5, 5.41) is 13.7. The van der Waals surface area contributed by atoms with Crippen LogP contribution < -0.4 is 16.4 Å². The molecule has 1 unspecified atom stereocenters. The maximum Gasteiger partial charge on any atom is 0.312 e. The van der Waals surface area contributed by atoms with E-state index in [9.17, 15) is 9.59 Å². The number of rotatable bonds is 4. The van der Waals surface area contributed by atoms with Gasteiger partial charge in [-0.05, 0) is 20.8 Å². The second-order valence-corrected chi connectivity index (χ2v) is 3.76. The Morgan fingerprint density at radius 2 is 2.00 bits per heavy atom. The van der Waals surface area contributed by atoms with Gasteiger partial charge in [0.2, 0.25) is 5.91 Å². The zero-order valence-electron chi connectivity index (χ0n) is 8.63. The van der Waals surface area contributed by atoms with Crippen LogP contribution >= 0.6 is 0 Å². The van der Waals surface area contributed by atoms with Gasteiger partial charge in [0.25, 0.3) is 0 Å². The number of aliphatic hydroxyl groups excluding tert-OH is 1. The normalized spacial score (nSPS) is 13.1. The molecule has 0 fully saturated rings. The van der Waals surface area contributed by atoms with E-state index in [0.717, 1.165) is 0 Å². The van der Waals surface area contributed by atoms with Crippen LogP contribution in [0.25, 0.3) is 0 Å². The van der Waals surface area contributed by atoms with Crippen LogP contribution in [0.15, 0.2) is 0 Å². The first kappa shape index (κ1) is 12.7. The lowest BCUT2D eigenvalue weighted by Gasteiger charge is -2.25. The third kappa shape index (κ3) is 4.66. The minimum absolute atomic E-state index is 0.179. The van der Waals surface area contributed by atoms with E-state index in [1.807, 2.05) is 0 Å². The lowest BCUT2D eigenvalue weighted by Crippen LogP contribution is -2.54. The SMILES string of the molecule is CC(NC(N)=O)C(=O)NC(C)(C)CO. The maximum absolute atomic E-state index is 11.4. The monoisotopic (exact) mass is 203 g/mol. The lowest BCUT2D eigenvalue weighted by molar-refractivity contribution is -0.124. The van der Waals surface area contributed by atoms with E-state index in [4.69, 9.17) is 10.8 Å². The average molecular weight is 203 g/mol. The van der Waals surface area contributed by atoms with Gasteiger partial charge in [-0.3, -0.25) is 4.79 Å². The number of nitrogens with two attached hydrogens (primary N) is 1. The Morgan fingerprint density at radius 3 is 2.36 bits per heavy atom. The zero-order valence-corrected chi connectivity index (χ0v) is 8.63. The molecular formula is C8H17N3O3. The molecule has 0 aromatic heterocycles. The van der Waals surface area contributed by atoms with Gasteiger partial charge in [0.1, 0.15) is 6.04 Å². The summed E-state index contributed by atoms with van der Waals surface area (Å²) in [5.74, 6) is -0.386. The molecule has 3 amide bonds. The molecule has 0 bridgehead atoms. The molecular weight excluding hydrogens is 186 g/mol. The van der Waals surface area contributed by atoms with Crippen molar-refractivity contribution in [2.45, 2.75) is 32.4 Å². The van der Waals surface area contributed by atoms with Gasteiger partial charge in [-0.2, -0.15) is 0 Å². The minimum atomic E-state index is -0.755. The van der Waals surface area contributed by atoms with Gasteiger partial charge in [-0.25, -0.2) is 4.79 Å². The number of primary amides is 1. The fourth-order valence-corrected chi connectivity index (χ4v) is 0.760. The van der Waals surface area contributed by atoms with Crippen molar-refractivity contribution in [2.24, 2.45) is 5.73 Å². The Labute approximate surface area is 82.9 Å². The van der Waals surface area contributed by atoms with Crippen LogP contribution in [0, 0.1) is 0 Å². The number of aliphatic hydroxyl groups is 1. The van der Waals surface area contributed by atoms with Gasteiger partial charge >= 0.3 is 6.03 Å². The van der Waals surface area contributed by atoms with Crippen LogP contribution in [0.1, 0.15) is 20.8 Å². The van der Waals surface area contributed by atoms with Crippen molar-refractivity contribution in [2.75, 3.05) is 6.61 Å². The molecule has 6 heteroatoms. The van der Waals surface area contributed by atoms with Crippen molar-refractivity contribution in [3.8, 4) is 0 Å². The van der Waals surface area contributed by atoms with Crippen molar-refractivity contribution in [1.82, 2.24) is 10.6 Å². The summed E-state index contributed by atoms with van der Waals surface area (Å²) in [7, 11) is 0. The van der Waals surface area contributed by atoms with E-state index in [2.05, 4.69) is 10.6 Å². The zero-order chi connectivity index (χ0) is 11.4. The van der Waals surface area contributed by atoms with Crippen molar-refractivity contribution < 1.29 is 14.7 Å². The molecule has 5 N–H and O–H groups in total. The minimum Gasteiger partial charge on any atom is -0.394 e. The van der Waals surface area contributed by atoms with E-state index in [-0.39, 0.29) is 12.5 Å². The second kappa shape index (κ2) is 4.80. The topological polar surface area (TPSA) is 104 Å². The van der Waals surface area contributed by atoms with E-state index in [0.29, 0.717) is 0 Å². The van der Waals surface area contributed by atoms with E-state index < -0.39 is 17.6 Å². The van der Waals surface area contributed by atoms with Crippen molar-refractivity contribution >= 4 is 11.9 Å². The highest BCUT2D eigenvalue weighted by Gasteiger charge is 2.22. The Balaban J connectivity index is 4.14. The van der Waals surface area contributed by atoms with Crippen LogP contribution in [0.5, 0.6) is 0 Å². The van der Waals surface area contributed by atoms with Gasteiger partial charge in [0.15, 0.2) is 0 Å². The number of carbonyl (C=O) groups is 2. The highest BCUT2D eigenvalue weighted by atomic mass is 16.3. The van der Waals surface area contributed by atoms with E-state index in [1.54, 1.807) is 13.8 Å². The molecule has 82 valence electrons. The fraction of sp³-hybridized carbons (Fsp3) is 0.750. The largest absolute Gasteiger partial charge is 0.394 e. The molecule has 0 aliphatic heterocycles. The van der Waals surface area contributed by atoms with Crippen LogP contribution in [0.2, 0.25) is 0 Å². The number of nitrogens with one attached hydrogen (secondary N) is 2. The van der Waals surface area contributed by atoms with Crippen LogP contribution in [0.4, 0.5) is 4.79 Å². The summed E-state index contributed by atoms with van der Waals surface area (Å²) in [5.41, 5.74) is 4.14. The predicted molar refractivity (Wildman–Crippen MR) is 51.5 cm³/mol. The molecule has 0 heterocycles. The quantitative estimate of drug-likeness (QED) is 0.467. The summed E-state index contributed by atoms with van der Waals surface area (Å²) in [4.78, 5) is 21.8. The van der Waals surface area contributed by atoms with Gasteiger partial charge < -0.3 is 21.5 Å². The Morgan fingerprint density at radius 1 is 1.50 bits per heavy atom. The van der Waals surface area contributed by atoms with Crippen molar-refractivity contribution in [1.29, 1.82) is 0 Å². The molecule has 0 aliphatic rings. The Kier molecular flexibility index (Phi) is 4.36. The smallest absolute Gasteiger partial charge is 0.312 e. The number of hydrogen-bond acceptors (Lipinski definition) is 3. The van der Waals surface area contributed by atoms with Crippen LogP contribution in [-0.2, 0) is 4.79 Å². The molecule has 0 rings (SSSR count). The molecule has 0 aromatic carbocycles. The summed E-state index contributed by atoms with van der Waals surface area (Å²) < 4.78 is 0. The molecule has 14 heavy (non-hydrogen) atoms. The second-order valence-electron chi connectivity index (χ2n) is 3.76. The van der Waals surface area contributed by atoms with Crippen LogP contribution in [-0.4, -0.2) is 35.2 Å². The number of hydrogen-bond donors (Lipinski definition) is 4. The summed E-state index contributed by atoms with van der Waals surface area (Å²) in [6, 6.07) is -1.47. The summed E-state index contributed by atoms with van der Waals surface area (Å²) in [6.07, 6.45) is 0. The maximum atomic E-state index is 11.4. The Hall–Kier alpha value is -1.30. The third-order valence-corrected chi connectivity index (χ3v) is 1.61. The standard InChI is InChI=1S/C8H17N3O3/c1-5(10-7(9)14)6(13)11-8(2,3)4-12/h5,12H,4H2,1-3H3,(H,11,13)(H3,9,10,14). The molecule has 0 saturated heterocycles. The number of urea groups is 1. The van der Waals surface area contributed by atoms with Gasteiger partial charge in [0.05, 0.1) is 12.1 Å². The van der Waals surface area contributed by atoms with Crippen molar-refractivity contribution in [3.63, 3.8) is 0 Å². The molecule has 6 nitrogen and oxygen atoms in total. The molecule has 0 aliphatic carbocycles. The fourth-order valence-electron chi connectivity index (χ4n) is 0.760. The molecule has 1 atom stereocenters. The summed E-state index contributed by atoms with van der Waals surface area (Å²) >= 11 is 0. The Bertz CT molecular complexity index is 228. The van der Waals surface area contributed by atoms with E-state index >= 15 is 0 Å². The predicted octanol–water partition coefficient (Wildman–Crippen LogP) is -1.07. The number of amides is 3. The molecule has 0 radical (unpaired) electrons. The van der Waals surface area contributed by atoms with E-state index in [1.165, 1.54) is 6.92 Å². The molecule has 0 spiro atoms. The number of carbonyl (C=O) groups excluding carboxylic acids is 2. The average Bonchev–Trinajstić information content (AvgIpc) is 2.02. The van der Waals surface area contributed by atoms with Gasteiger partial charge in [-0.15, -0.1) is 0 Å². The highest BCUT2D eigenvalue weighted by Crippen LogP contribution is 2.00. The summed E-state index contributed by atoms with van der Waals surface area (Å²) in [6.45, 7) is 4.67. The first-order chi connectivity index (χ1) is 6.28. The molecule has 0 saturated carbocycles. The third-order valence-electron chi connectivity index (χ3n) is 1.61. The van der Waals surface area contributed by atoms with Crippen molar-refractivity contribution in [3.05, 3.63) is 0 Å². The highest BCUT2D eigenvalue weighted by molar-refractivity contribution is 5.86. The molecule has 0 aromatic rings. The first-order valence-electron chi connectivity index (χ1n) is 4.27. The first-order valence-corrected chi connectivity index (χ1v) is 4.27.